The molecule has 0 aromatic carbocycles. The van der Waals surface area contributed by atoms with Gasteiger partial charge in [-0.3, -0.25) is 4.79 Å². The number of carbonyl (C=O) groups excluding carboxylic acids is 1. The van der Waals surface area contributed by atoms with Crippen molar-refractivity contribution in [2.24, 2.45) is 0 Å². The summed E-state index contributed by atoms with van der Waals surface area (Å²) in [6, 6.07) is 1.72. The molecule has 0 unspecified atom stereocenters. The van der Waals surface area contributed by atoms with E-state index in [1.807, 2.05) is 4.90 Å². The number of hydrogen-bond donors (Lipinski definition) is 1. The van der Waals surface area contributed by atoms with E-state index in [2.05, 4.69) is 20.0 Å². The second-order valence-corrected chi connectivity index (χ2v) is 3.77. The minimum Gasteiger partial charge on any atom is -0.468 e. The minimum absolute atomic E-state index is 0.0933. The molecule has 0 amide bonds. The topological polar surface area (TPSA) is 76.6 Å². The zero-order valence-corrected chi connectivity index (χ0v) is 10.3. The van der Waals surface area contributed by atoms with Crippen molar-refractivity contribution in [3.63, 3.8) is 0 Å². The van der Waals surface area contributed by atoms with Crippen LogP contribution in [0.4, 0.5) is 11.8 Å². The maximum Gasteiger partial charge on any atom is 0.325 e. The van der Waals surface area contributed by atoms with Crippen molar-refractivity contribution in [1.82, 2.24) is 9.97 Å². The molecule has 1 aromatic heterocycles. The lowest BCUT2D eigenvalue weighted by atomic mass is 10.4. The average Bonchev–Trinajstić information content (AvgIpc) is 2.46. The van der Waals surface area contributed by atoms with Crippen LogP contribution in [-0.4, -0.2) is 55.9 Å². The van der Waals surface area contributed by atoms with E-state index in [9.17, 15) is 4.79 Å². The molecule has 0 atom stereocenters. The Bertz CT molecular complexity index is 407. The van der Waals surface area contributed by atoms with Gasteiger partial charge in [0.2, 0.25) is 5.95 Å². The van der Waals surface area contributed by atoms with Gasteiger partial charge in [0.25, 0.3) is 0 Å². The Hall–Kier alpha value is -1.89. The lowest BCUT2D eigenvalue weighted by molar-refractivity contribution is -0.138. The Balaban J connectivity index is 1.98. The standard InChI is InChI=1S/C11H16N4O3/c1-17-10(16)8-13-9-2-3-12-11(14-9)15-4-6-18-7-5-15/h2-3H,4-8H2,1H3,(H,12,13,14). The predicted molar refractivity (Wildman–Crippen MR) is 65.6 cm³/mol. The summed E-state index contributed by atoms with van der Waals surface area (Å²) < 4.78 is 9.82. The number of morpholine rings is 1. The summed E-state index contributed by atoms with van der Waals surface area (Å²) >= 11 is 0. The first-order valence-corrected chi connectivity index (χ1v) is 5.76. The van der Waals surface area contributed by atoms with E-state index in [1.165, 1.54) is 7.11 Å². The van der Waals surface area contributed by atoms with Crippen molar-refractivity contribution in [2.75, 3.05) is 50.2 Å². The van der Waals surface area contributed by atoms with Gasteiger partial charge >= 0.3 is 5.97 Å². The molecule has 0 saturated carbocycles. The molecule has 1 aromatic rings. The largest absolute Gasteiger partial charge is 0.468 e. The predicted octanol–water partition coefficient (Wildman–Crippen LogP) is -0.102. The van der Waals surface area contributed by atoms with Gasteiger partial charge < -0.3 is 19.7 Å². The monoisotopic (exact) mass is 252 g/mol. The Morgan fingerprint density at radius 2 is 2.33 bits per heavy atom. The van der Waals surface area contributed by atoms with Crippen molar-refractivity contribution < 1.29 is 14.3 Å². The van der Waals surface area contributed by atoms with E-state index in [4.69, 9.17) is 4.74 Å². The van der Waals surface area contributed by atoms with Gasteiger partial charge in [-0.2, -0.15) is 4.98 Å². The summed E-state index contributed by atoms with van der Waals surface area (Å²) in [7, 11) is 1.35. The highest BCUT2D eigenvalue weighted by molar-refractivity contribution is 5.74. The molecule has 0 bridgehead atoms. The smallest absolute Gasteiger partial charge is 0.325 e. The first kappa shape index (κ1) is 12.6. The molecule has 1 fully saturated rings. The van der Waals surface area contributed by atoms with Gasteiger partial charge in [0, 0.05) is 19.3 Å². The van der Waals surface area contributed by atoms with E-state index in [0.717, 1.165) is 13.1 Å². The summed E-state index contributed by atoms with van der Waals surface area (Å²) in [6.07, 6.45) is 1.66. The molecule has 7 nitrogen and oxygen atoms in total. The molecular weight excluding hydrogens is 236 g/mol. The number of carbonyl (C=O) groups is 1. The third-order valence-corrected chi connectivity index (χ3v) is 2.58. The molecule has 18 heavy (non-hydrogen) atoms. The van der Waals surface area contributed by atoms with Crippen LogP contribution in [-0.2, 0) is 14.3 Å². The third kappa shape index (κ3) is 3.30. The maximum atomic E-state index is 11.0. The number of anilines is 2. The normalized spacial score (nSPS) is 15.3. The second-order valence-electron chi connectivity index (χ2n) is 3.77. The van der Waals surface area contributed by atoms with Gasteiger partial charge in [-0.15, -0.1) is 0 Å². The van der Waals surface area contributed by atoms with E-state index in [1.54, 1.807) is 12.3 Å². The number of aromatic nitrogens is 2. The lowest BCUT2D eigenvalue weighted by Crippen LogP contribution is -2.37. The highest BCUT2D eigenvalue weighted by atomic mass is 16.5. The molecule has 1 N–H and O–H groups in total. The van der Waals surface area contributed by atoms with Crippen LogP contribution >= 0.6 is 0 Å². The number of ether oxygens (including phenoxy) is 2. The van der Waals surface area contributed by atoms with Crippen LogP contribution < -0.4 is 10.2 Å². The fourth-order valence-electron chi connectivity index (χ4n) is 1.60. The number of rotatable bonds is 4. The number of hydrogen-bond acceptors (Lipinski definition) is 7. The molecule has 1 aliphatic rings. The molecule has 0 spiro atoms. The zero-order valence-electron chi connectivity index (χ0n) is 10.3. The first-order chi connectivity index (χ1) is 8.79. The molecule has 1 saturated heterocycles. The van der Waals surface area contributed by atoms with E-state index in [0.29, 0.717) is 25.0 Å². The van der Waals surface area contributed by atoms with Crippen molar-refractivity contribution in [2.45, 2.75) is 0 Å². The lowest BCUT2D eigenvalue weighted by Gasteiger charge is -2.26. The van der Waals surface area contributed by atoms with Crippen LogP contribution in [0.1, 0.15) is 0 Å². The van der Waals surface area contributed by atoms with E-state index < -0.39 is 0 Å². The Labute approximate surface area is 105 Å². The minimum atomic E-state index is -0.332. The van der Waals surface area contributed by atoms with Gasteiger partial charge in [-0.1, -0.05) is 0 Å². The van der Waals surface area contributed by atoms with Crippen molar-refractivity contribution >= 4 is 17.7 Å². The second kappa shape index (κ2) is 6.15. The van der Waals surface area contributed by atoms with Crippen LogP contribution in [0.2, 0.25) is 0 Å². The summed E-state index contributed by atoms with van der Waals surface area (Å²) in [6.45, 7) is 3.02. The molecule has 2 heterocycles. The first-order valence-electron chi connectivity index (χ1n) is 5.76. The van der Waals surface area contributed by atoms with Gasteiger partial charge in [0.1, 0.15) is 12.4 Å². The third-order valence-electron chi connectivity index (χ3n) is 2.58. The summed E-state index contributed by atoms with van der Waals surface area (Å²) in [5.41, 5.74) is 0. The molecule has 0 aliphatic carbocycles. The maximum absolute atomic E-state index is 11.0. The fraction of sp³-hybridized carbons (Fsp3) is 0.545. The van der Waals surface area contributed by atoms with E-state index >= 15 is 0 Å². The number of methoxy groups -OCH3 is 1. The fourth-order valence-corrected chi connectivity index (χ4v) is 1.60. The number of nitrogens with one attached hydrogen (secondary N) is 1. The van der Waals surface area contributed by atoms with Gasteiger partial charge in [-0.05, 0) is 6.07 Å². The van der Waals surface area contributed by atoms with Crippen molar-refractivity contribution in [1.29, 1.82) is 0 Å². The summed E-state index contributed by atoms with van der Waals surface area (Å²) in [4.78, 5) is 21.6. The Kier molecular flexibility index (Phi) is 4.30. The van der Waals surface area contributed by atoms with Gasteiger partial charge in [0.05, 0.1) is 20.3 Å². The van der Waals surface area contributed by atoms with E-state index in [-0.39, 0.29) is 12.5 Å². The zero-order chi connectivity index (χ0) is 12.8. The molecule has 98 valence electrons. The quantitative estimate of drug-likeness (QED) is 0.750. The Morgan fingerprint density at radius 1 is 1.56 bits per heavy atom. The highest BCUT2D eigenvalue weighted by Crippen LogP contribution is 2.12. The molecule has 2 rings (SSSR count). The number of esters is 1. The summed E-state index contributed by atoms with van der Waals surface area (Å²) in [5, 5.41) is 2.89. The average molecular weight is 252 g/mol. The van der Waals surface area contributed by atoms with Crippen LogP contribution in [0.25, 0.3) is 0 Å². The SMILES string of the molecule is COC(=O)CNc1ccnc(N2CCOCC2)n1. The van der Waals surface area contributed by atoms with Crippen LogP contribution in [0.15, 0.2) is 12.3 Å². The van der Waals surface area contributed by atoms with Crippen LogP contribution in [0.5, 0.6) is 0 Å². The van der Waals surface area contributed by atoms with Gasteiger partial charge in [0.15, 0.2) is 0 Å². The summed E-state index contributed by atoms with van der Waals surface area (Å²) in [5.74, 6) is 0.923. The molecule has 1 aliphatic heterocycles. The molecule has 0 radical (unpaired) electrons. The van der Waals surface area contributed by atoms with Crippen molar-refractivity contribution in [3.05, 3.63) is 12.3 Å². The highest BCUT2D eigenvalue weighted by Gasteiger charge is 2.14. The Morgan fingerprint density at radius 3 is 3.06 bits per heavy atom. The van der Waals surface area contributed by atoms with Crippen LogP contribution in [0, 0.1) is 0 Å². The van der Waals surface area contributed by atoms with Crippen LogP contribution in [0.3, 0.4) is 0 Å². The molecular formula is C11H16N4O3. The number of nitrogens with zero attached hydrogens (tertiary/aromatic N) is 3. The van der Waals surface area contributed by atoms with Crippen molar-refractivity contribution in [3.8, 4) is 0 Å². The van der Waals surface area contributed by atoms with Gasteiger partial charge in [-0.25, -0.2) is 4.98 Å². The molecule has 7 heteroatoms.